The number of carbonyl (C=O) groups is 2. The topological polar surface area (TPSA) is 113 Å². The normalized spacial score (nSPS) is 18.6. The van der Waals surface area contributed by atoms with Crippen molar-refractivity contribution in [1.82, 2.24) is 4.31 Å². The van der Waals surface area contributed by atoms with Gasteiger partial charge < -0.3 is 15.2 Å². The summed E-state index contributed by atoms with van der Waals surface area (Å²) in [7, 11) is -3.27. The first-order valence-electron chi connectivity index (χ1n) is 6.96. The molecule has 1 aromatic carbocycles. The molecule has 0 saturated carbocycles. The molecule has 1 amide bonds. The van der Waals surface area contributed by atoms with Gasteiger partial charge in [0.1, 0.15) is 5.75 Å². The van der Waals surface area contributed by atoms with Gasteiger partial charge in [0, 0.05) is 18.8 Å². The second-order valence-corrected chi connectivity index (χ2v) is 7.29. The number of amides is 1. The molecule has 9 heteroatoms. The number of aliphatic carboxylic acids is 1. The molecule has 1 unspecified atom stereocenters. The van der Waals surface area contributed by atoms with Crippen molar-refractivity contribution < 1.29 is 27.9 Å². The highest BCUT2D eigenvalue weighted by atomic mass is 32.2. The summed E-state index contributed by atoms with van der Waals surface area (Å²) in [4.78, 5) is 22.5. The van der Waals surface area contributed by atoms with Crippen LogP contribution >= 0.6 is 0 Å². The number of carbonyl (C=O) groups excluding carboxylic acids is 1. The van der Waals surface area contributed by atoms with Crippen LogP contribution in [-0.4, -0.2) is 55.7 Å². The Balaban J connectivity index is 1.89. The van der Waals surface area contributed by atoms with Gasteiger partial charge in [0.05, 0.1) is 12.2 Å². The summed E-state index contributed by atoms with van der Waals surface area (Å²) in [6.45, 7) is 0.0957. The van der Waals surface area contributed by atoms with Crippen molar-refractivity contribution in [3.63, 3.8) is 0 Å². The molecule has 126 valence electrons. The van der Waals surface area contributed by atoms with Crippen LogP contribution in [0.25, 0.3) is 0 Å². The Hall–Kier alpha value is -2.13. The number of carboxylic acids is 1. The third-order valence-electron chi connectivity index (χ3n) is 3.47. The molecule has 2 rings (SSSR count). The number of rotatable bonds is 6. The lowest BCUT2D eigenvalue weighted by atomic mass is 10.1. The SMILES string of the molecule is CS(=O)(=O)N1CCC(C(=O)Nc2ccc(OCC(=O)O)cc2)C1. The van der Waals surface area contributed by atoms with E-state index in [4.69, 9.17) is 9.84 Å². The molecule has 1 aliphatic rings. The van der Waals surface area contributed by atoms with Crippen LogP contribution in [0, 0.1) is 5.92 Å². The van der Waals surface area contributed by atoms with E-state index in [2.05, 4.69) is 5.32 Å². The van der Waals surface area contributed by atoms with E-state index in [0.717, 1.165) is 6.26 Å². The predicted octanol–water partition coefficient (Wildman–Crippen LogP) is 0.370. The van der Waals surface area contributed by atoms with Gasteiger partial charge in [0.2, 0.25) is 15.9 Å². The summed E-state index contributed by atoms with van der Waals surface area (Å²) in [5.74, 6) is -1.31. The molecule has 1 saturated heterocycles. The summed E-state index contributed by atoms with van der Waals surface area (Å²) in [6, 6.07) is 6.29. The number of sulfonamides is 1. The van der Waals surface area contributed by atoms with Crippen molar-refractivity contribution in [2.75, 3.05) is 31.3 Å². The molecule has 0 aromatic heterocycles. The fraction of sp³-hybridized carbons (Fsp3) is 0.429. The molecule has 0 spiro atoms. The van der Waals surface area contributed by atoms with Gasteiger partial charge in [-0.2, -0.15) is 0 Å². The second kappa shape index (κ2) is 6.97. The molecule has 8 nitrogen and oxygen atoms in total. The number of ether oxygens (including phenoxy) is 1. The highest BCUT2D eigenvalue weighted by molar-refractivity contribution is 7.88. The Morgan fingerprint density at radius 1 is 1.35 bits per heavy atom. The van der Waals surface area contributed by atoms with E-state index in [-0.39, 0.29) is 18.4 Å². The first-order chi connectivity index (χ1) is 10.8. The van der Waals surface area contributed by atoms with Crippen molar-refractivity contribution in [3.05, 3.63) is 24.3 Å². The minimum absolute atomic E-state index is 0.185. The average Bonchev–Trinajstić information content (AvgIpc) is 2.96. The van der Waals surface area contributed by atoms with Crippen LogP contribution in [0.3, 0.4) is 0 Å². The molecule has 0 radical (unpaired) electrons. The zero-order chi connectivity index (χ0) is 17.0. The molecule has 1 heterocycles. The van der Waals surface area contributed by atoms with Gasteiger partial charge in [-0.25, -0.2) is 17.5 Å². The average molecular weight is 342 g/mol. The standard InChI is InChI=1S/C14H18N2O6S/c1-23(20,21)16-7-6-10(8-16)14(19)15-11-2-4-12(5-3-11)22-9-13(17)18/h2-5,10H,6-9H2,1H3,(H,15,19)(H,17,18). The maximum Gasteiger partial charge on any atom is 0.341 e. The number of hydrogen-bond donors (Lipinski definition) is 2. The summed E-state index contributed by atoms with van der Waals surface area (Å²) in [5.41, 5.74) is 0.537. The minimum atomic E-state index is -3.27. The van der Waals surface area contributed by atoms with E-state index in [1.165, 1.54) is 4.31 Å². The van der Waals surface area contributed by atoms with Gasteiger partial charge in [-0.3, -0.25) is 4.79 Å². The lowest BCUT2D eigenvalue weighted by Gasteiger charge is -2.13. The maximum atomic E-state index is 12.1. The fourth-order valence-electron chi connectivity index (χ4n) is 2.27. The summed E-state index contributed by atoms with van der Waals surface area (Å²) >= 11 is 0. The lowest BCUT2D eigenvalue weighted by Crippen LogP contribution is -2.30. The van der Waals surface area contributed by atoms with Gasteiger partial charge in [-0.1, -0.05) is 0 Å². The predicted molar refractivity (Wildman–Crippen MR) is 82.7 cm³/mol. The van der Waals surface area contributed by atoms with E-state index in [0.29, 0.717) is 24.4 Å². The zero-order valence-electron chi connectivity index (χ0n) is 12.6. The number of nitrogens with one attached hydrogen (secondary N) is 1. The van der Waals surface area contributed by atoms with Crippen molar-refractivity contribution in [1.29, 1.82) is 0 Å². The van der Waals surface area contributed by atoms with Crippen LogP contribution in [0.4, 0.5) is 5.69 Å². The van der Waals surface area contributed by atoms with Gasteiger partial charge in [0.25, 0.3) is 0 Å². The summed E-state index contributed by atoms with van der Waals surface area (Å²) in [5, 5.41) is 11.2. The van der Waals surface area contributed by atoms with Crippen LogP contribution in [-0.2, 0) is 19.6 Å². The fourth-order valence-corrected chi connectivity index (χ4v) is 3.16. The van der Waals surface area contributed by atoms with Gasteiger partial charge >= 0.3 is 5.97 Å². The summed E-state index contributed by atoms with van der Waals surface area (Å²) in [6.07, 6.45) is 1.61. The third kappa shape index (κ3) is 4.93. The van der Waals surface area contributed by atoms with E-state index >= 15 is 0 Å². The van der Waals surface area contributed by atoms with Crippen molar-refractivity contribution >= 4 is 27.6 Å². The molecule has 1 aromatic rings. The number of nitrogens with zero attached hydrogens (tertiary/aromatic N) is 1. The first-order valence-corrected chi connectivity index (χ1v) is 8.81. The molecule has 23 heavy (non-hydrogen) atoms. The van der Waals surface area contributed by atoms with Crippen LogP contribution in [0.5, 0.6) is 5.75 Å². The van der Waals surface area contributed by atoms with Gasteiger partial charge in [-0.05, 0) is 30.7 Å². The monoisotopic (exact) mass is 342 g/mol. The molecule has 2 N–H and O–H groups in total. The molecule has 0 bridgehead atoms. The number of carboxylic acid groups (broad SMARTS) is 1. The Morgan fingerprint density at radius 3 is 2.52 bits per heavy atom. The van der Waals surface area contributed by atoms with E-state index in [1.807, 2.05) is 0 Å². The molecule has 1 aliphatic heterocycles. The highest BCUT2D eigenvalue weighted by Crippen LogP contribution is 2.21. The Kier molecular flexibility index (Phi) is 5.22. The molecular weight excluding hydrogens is 324 g/mol. The van der Waals surface area contributed by atoms with E-state index < -0.39 is 22.6 Å². The smallest absolute Gasteiger partial charge is 0.341 e. The molecule has 1 fully saturated rings. The van der Waals surface area contributed by atoms with Crippen LogP contribution in [0.1, 0.15) is 6.42 Å². The zero-order valence-corrected chi connectivity index (χ0v) is 13.4. The van der Waals surface area contributed by atoms with Crippen LogP contribution in [0.15, 0.2) is 24.3 Å². The number of hydrogen-bond acceptors (Lipinski definition) is 5. The largest absolute Gasteiger partial charge is 0.482 e. The quantitative estimate of drug-likeness (QED) is 0.772. The Morgan fingerprint density at radius 2 is 2.00 bits per heavy atom. The lowest BCUT2D eigenvalue weighted by molar-refractivity contribution is -0.139. The molecular formula is C14H18N2O6S. The third-order valence-corrected chi connectivity index (χ3v) is 4.74. The maximum absolute atomic E-state index is 12.1. The molecule has 1 atom stereocenters. The van der Waals surface area contributed by atoms with E-state index in [1.54, 1.807) is 24.3 Å². The van der Waals surface area contributed by atoms with Gasteiger partial charge in [-0.15, -0.1) is 0 Å². The summed E-state index contributed by atoms with van der Waals surface area (Å²) < 4.78 is 29.2. The Labute approximate surface area is 134 Å². The van der Waals surface area contributed by atoms with Crippen molar-refractivity contribution in [3.8, 4) is 5.75 Å². The first kappa shape index (κ1) is 17.2. The minimum Gasteiger partial charge on any atom is -0.482 e. The van der Waals surface area contributed by atoms with Crippen molar-refractivity contribution in [2.45, 2.75) is 6.42 Å². The number of anilines is 1. The van der Waals surface area contributed by atoms with Crippen molar-refractivity contribution in [2.24, 2.45) is 5.92 Å². The van der Waals surface area contributed by atoms with Gasteiger partial charge in [0.15, 0.2) is 6.61 Å². The molecule has 0 aliphatic carbocycles. The highest BCUT2D eigenvalue weighted by Gasteiger charge is 2.32. The Bertz CT molecular complexity index is 686. The van der Waals surface area contributed by atoms with Crippen LogP contribution < -0.4 is 10.1 Å². The second-order valence-electron chi connectivity index (χ2n) is 5.30. The van der Waals surface area contributed by atoms with E-state index in [9.17, 15) is 18.0 Å². The number of benzene rings is 1. The van der Waals surface area contributed by atoms with Crippen LogP contribution in [0.2, 0.25) is 0 Å².